The van der Waals surface area contributed by atoms with E-state index in [1.807, 2.05) is 31.2 Å². The van der Waals surface area contributed by atoms with Crippen molar-refractivity contribution in [3.63, 3.8) is 0 Å². The Kier molecular flexibility index (Phi) is 5.74. The van der Waals surface area contributed by atoms with Crippen LogP contribution >= 0.6 is 0 Å². The summed E-state index contributed by atoms with van der Waals surface area (Å²) >= 11 is 0. The highest BCUT2D eigenvalue weighted by atomic mass is 19.1. The normalized spacial score (nSPS) is 15.0. The van der Waals surface area contributed by atoms with Gasteiger partial charge < -0.3 is 16.0 Å². The number of rotatable bonds is 6. The van der Waals surface area contributed by atoms with Crippen LogP contribution in [-0.4, -0.2) is 24.9 Å². The van der Waals surface area contributed by atoms with Crippen LogP contribution in [0.5, 0.6) is 0 Å². The monoisotopic (exact) mass is 369 g/mol. The van der Waals surface area contributed by atoms with Crippen LogP contribution in [0.3, 0.4) is 0 Å². The van der Waals surface area contributed by atoms with Crippen molar-refractivity contribution in [2.75, 3.05) is 17.7 Å². The first-order valence-electron chi connectivity index (χ1n) is 9.13. The minimum absolute atomic E-state index is 0.0221. The second kappa shape index (κ2) is 8.20. The Balaban J connectivity index is 1.60. The summed E-state index contributed by atoms with van der Waals surface area (Å²) in [5.41, 5.74) is 3.98. The maximum atomic E-state index is 14.0. The zero-order valence-electron chi connectivity index (χ0n) is 15.6. The fourth-order valence-electron chi connectivity index (χ4n) is 3.34. The molecule has 142 valence electrons. The van der Waals surface area contributed by atoms with Crippen molar-refractivity contribution in [3.05, 3.63) is 58.9 Å². The summed E-state index contributed by atoms with van der Waals surface area (Å²) < 4.78 is 14.0. The topological polar surface area (TPSA) is 70.2 Å². The van der Waals surface area contributed by atoms with Crippen LogP contribution in [-0.2, 0) is 22.4 Å². The number of hydrogen-bond donors (Lipinski definition) is 3. The molecule has 5 nitrogen and oxygen atoms in total. The van der Waals surface area contributed by atoms with Crippen LogP contribution in [0, 0.1) is 12.7 Å². The van der Waals surface area contributed by atoms with Crippen LogP contribution in [0.25, 0.3) is 0 Å². The highest BCUT2D eigenvalue weighted by molar-refractivity contribution is 5.98. The number of fused-ring (bicyclic) bond motifs is 1. The summed E-state index contributed by atoms with van der Waals surface area (Å²) in [7, 11) is 1.63. The molecule has 2 amide bonds. The molecule has 1 atom stereocenters. The average molecular weight is 369 g/mol. The van der Waals surface area contributed by atoms with Crippen molar-refractivity contribution in [2.24, 2.45) is 0 Å². The van der Waals surface area contributed by atoms with E-state index in [9.17, 15) is 14.0 Å². The maximum absolute atomic E-state index is 14.0. The van der Waals surface area contributed by atoms with Crippen molar-refractivity contribution in [2.45, 2.75) is 38.6 Å². The van der Waals surface area contributed by atoms with E-state index >= 15 is 0 Å². The quantitative estimate of drug-likeness (QED) is 0.732. The molecule has 27 heavy (non-hydrogen) atoms. The summed E-state index contributed by atoms with van der Waals surface area (Å²) in [6.07, 6.45) is 2.31. The van der Waals surface area contributed by atoms with Gasteiger partial charge in [-0.05, 0) is 49.1 Å². The zero-order valence-corrected chi connectivity index (χ0v) is 15.6. The van der Waals surface area contributed by atoms with E-state index in [0.29, 0.717) is 24.1 Å². The molecule has 3 N–H and O–H groups in total. The first-order chi connectivity index (χ1) is 13.0. The molecular formula is C21H24FN3O2. The molecule has 1 heterocycles. The van der Waals surface area contributed by atoms with Gasteiger partial charge in [-0.1, -0.05) is 18.2 Å². The van der Waals surface area contributed by atoms with Gasteiger partial charge in [0.1, 0.15) is 11.9 Å². The number of halogens is 1. The summed E-state index contributed by atoms with van der Waals surface area (Å²) in [5, 5.41) is 8.65. The molecule has 1 unspecified atom stereocenters. The maximum Gasteiger partial charge on any atom is 0.247 e. The van der Waals surface area contributed by atoms with E-state index in [1.165, 1.54) is 6.07 Å². The largest absolute Gasteiger partial charge is 0.373 e. The highest BCUT2D eigenvalue weighted by Crippen LogP contribution is 2.31. The molecule has 0 saturated carbocycles. The molecule has 3 rings (SSSR count). The molecule has 0 saturated heterocycles. The van der Waals surface area contributed by atoms with Crippen molar-refractivity contribution < 1.29 is 14.0 Å². The number of nitrogens with one attached hydrogen (secondary N) is 3. The number of anilines is 2. The third kappa shape index (κ3) is 4.45. The Morgan fingerprint density at radius 3 is 2.81 bits per heavy atom. The Morgan fingerprint density at radius 2 is 2.07 bits per heavy atom. The fourth-order valence-corrected chi connectivity index (χ4v) is 3.34. The molecule has 1 aliphatic heterocycles. The average Bonchev–Trinajstić information content (AvgIpc) is 3.12. The lowest BCUT2D eigenvalue weighted by Gasteiger charge is -2.13. The number of carbonyl (C=O) groups is 2. The first kappa shape index (κ1) is 18.9. The van der Waals surface area contributed by atoms with Crippen LogP contribution < -0.4 is 16.0 Å². The first-order valence-corrected chi connectivity index (χ1v) is 9.13. The van der Waals surface area contributed by atoms with Crippen molar-refractivity contribution in [1.29, 1.82) is 0 Å². The van der Waals surface area contributed by atoms with Gasteiger partial charge in [0.05, 0.1) is 0 Å². The smallest absolute Gasteiger partial charge is 0.247 e. The third-order valence-corrected chi connectivity index (χ3v) is 4.85. The Labute approximate surface area is 158 Å². The number of amides is 2. The van der Waals surface area contributed by atoms with Crippen LogP contribution in [0.15, 0.2) is 36.4 Å². The van der Waals surface area contributed by atoms with Gasteiger partial charge >= 0.3 is 0 Å². The van der Waals surface area contributed by atoms with Gasteiger partial charge in [0, 0.05) is 36.8 Å². The van der Waals surface area contributed by atoms with Gasteiger partial charge in [-0.25, -0.2) is 4.39 Å². The SMILES string of the molecule is CNC(=O)CCCc1cccc(NC(=O)C2Cc3c(F)ccc(C)c3N2)c1. The van der Waals surface area contributed by atoms with E-state index < -0.39 is 6.04 Å². The van der Waals surface area contributed by atoms with E-state index in [0.717, 1.165) is 29.7 Å². The van der Waals surface area contributed by atoms with Crippen LogP contribution in [0.4, 0.5) is 15.8 Å². The lowest BCUT2D eigenvalue weighted by atomic mass is 10.1. The van der Waals surface area contributed by atoms with Gasteiger partial charge in [0.25, 0.3) is 0 Å². The second-order valence-electron chi connectivity index (χ2n) is 6.84. The molecule has 0 bridgehead atoms. The van der Waals surface area contributed by atoms with Gasteiger partial charge in [-0.2, -0.15) is 0 Å². The number of benzene rings is 2. The Bertz CT molecular complexity index is 836. The number of hydrogen-bond acceptors (Lipinski definition) is 3. The molecule has 0 aromatic heterocycles. The number of aryl methyl sites for hydroxylation is 2. The van der Waals surface area contributed by atoms with E-state index in [2.05, 4.69) is 16.0 Å². The van der Waals surface area contributed by atoms with Gasteiger partial charge in [0.2, 0.25) is 11.8 Å². The second-order valence-corrected chi connectivity index (χ2v) is 6.84. The Morgan fingerprint density at radius 1 is 1.26 bits per heavy atom. The lowest BCUT2D eigenvalue weighted by molar-refractivity contribution is -0.120. The lowest BCUT2D eigenvalue weighted by Crippen LogP contribution is -2.32. The summed E-state index contributed by atoms with van der Waals surface area (Å²) in [6, 6.07) is 10.3. The van der Waals surface area contributed by atoms with Crippen LogP contribution in [0.1, 0.15) is 29.5 Å². The van der Waals surface area contributed by atoms with Crippen LogP contribution in [0.2, 0.25) is 0 Å². The van der Waals surface area contributed by atoms with Gasteiger partial charge in [-0.3, -0.25) is 9.59 Å². The van der Waals surface area contributed by atoms with E-state index in [1.54, 1.807) is 13.1 Å². The Hall–Kier alpha value is -2.89. The van der Waals surface area contributed by atoms with E-state index in [4.69, 9.17) is 0 Å². The molecule has 0 aliphatic carbocycles. The molecule has 0 radical (unpaired) electrons. The van der Waals surface area contributed by atoms with Gasteiger partial charge in [0.15, 0.2) is 0 Å². The minimum atomic E-state index is -0.493. The molecule has 1 aliphatic rings. The third-order valence-electron chi connectivity index (χ3n) is 4.85. The highest BCUT2D eigenvalue weighted by Gasteiger charge is 2.30. The van der Waals surface area contributed by atoms with Crippen molar-refractivity contribution >= 4 is 23.2 Å². The van der Waals surface area contributed by atoms with E-state index in [-0.39, 0.29) is 17.6 Å². The molecule has 0 fully saturated rings. The molecule has 2 aromatic carbocycles. The van der Waals surface area contributed by atoms with Crippen molar-refractivity contribution in [3.8, 4) is 0 Å². The predicted octanol–water partition coefficient (Wildman–Crippen LogP) is 3.18. The standard InChI is InChI=1S/C21H24FN3O2/c1-13-9-10-17(22)16-12-18(25-20(13)16)21(27)24-15-7-3-5-14(11-15)6-4-8-19(26)23-2/h3,5,7,9-11,18,25H,4,6,8,12H2,1-2H3,(H,23,26)(H,24,27). The fraction of sp³-hybridized carbons (Fsp3) is 0.333. The summed E-state index contributed by atoms with van der Waals surface area (Å²) in [5.74, 6) is -0.446. The molecule has 2 aromatic rings. The molecule has 6 heteroatoms. The predicted molar refractivity (Wildman–Crippen MR) is 104 cm³/mol. The van der Waals surface area contributed by atoms with Crippen molar-refractivity contribution in [1.82, 2.24) is 5.32 Å². The number of carbonyl (C=O) groups excluding carboxylic acids is 2. The zero-order chi connectivity index (χ0) is 19.4. The molecular weight excluding hydrogens is 345 g/mol. The summed E-state index contributed by atoms with van der Waals surface area (Å²) in [4.78, 5) is 23.9. The van der Waals surface area contributed by atoms with Gasteiger partial charge in [-0.15, -0.1) is 0 Å². The molecule has 0 spiro atoms. The summed E-state index contributed by atoms with van der Waals surface area (Å²) in [6.45, 7) is 1.90. The minimum Gasteiger partial charge on any atom is -0.373 e.